The molecule has 0 aromatic rings. The highest BCUT2D eigenvalue weighted by Crippen LogP contribution is 2.66. The molecule has 9 heteroatoms. The maximum Gasteiger partial charge on any atom is 0.305 e. The third-order valence-electron chi connectivity index (χ3n) is 8.56. The zero-order chi connectivity index (χ0) is 24.7. The molecule has 5 aliphatic rings. The van der Waals surface area contributed by atoms with Crippen LogP contribution in [0, 0.1) is 16.7 Å². The normalized spacial score (nSPS) is 36.8. The standard InChI is InChI=1S/C25H40N4O5/c1-23-9-16-10-24(2,13-23)15-25(11-16,14-23)28-21(32)17(6-7-20(31)34-3)27-22(33)18-5-4-8-29(18)19(30)12-26/h16-18H,4-15,26H2,1-3H3,(H,27,33)(H,28,32)/t16?,17-,18-,23?,24?,25?/m0/s1. The minimum absolute atomic E-state index is 0.0238. The van der Waals surface area contributed by atoms with Crippen molar-refractivity contribution >= 4 is 23.7 Å². The van der Waals surface area contributed by atoms with Crippen LogP contribution in [0.1, 0.15) is 78.1 Å². The van der Waals surface area contributed by atoms with Gasteiger partial charge >= 0.3 is 5.97 Å². The molecule has 4 saturated carbocycles. The number of hydrogen-bond donors (Lipinski definition) is 3. The lowest BCUT2D eigenvalue weighted by atomic mass is 9.43. The lowest BCUT2D eigenvalue weighted by Gasteiger charge is -2.65. The van der Waals surface area contributed by atoms with Gasteiger partial charge in [-0.05, 0) is 74.5 Å². The number of amides is 3. The molecule has 4 atom stereocenters. The van der Waals surface area contributed by atoms with E-state index in [0.29, 0.717) is 25.3 Å². The van der Waals surface area contributed by atoms with Gasteiger partial charge in [0.2, 0.25) is 17.7 Å². The second-order valence-electron chi connectivity index (χ2n) is 12.0. The van der Waals surface area contributed by atoms with Crippen LogP contribution in [0.2, 0.25) is 0 Å². The van der Waals surface area contributed by atoms with Crippen molar-refractivity contribution in [2.75, 3.05) is 20.2 Å². The Morgan fingerprint density at radius 2 is 1.76 bits per heavy atom. The molecule has 0 spiro atoms. The smallest absolute Gasteiger partial charge is 0.305 e. The molecule has 5 fully saturated rings. The molecule has 0 aromatic heterocycles. The van der Waals surface area contributed by atoms with Gasteiger partial charge in [-0.1, -0.05) is 13.8 Å². The van der Waals surface area contributed by atoms with Gasteiger partial charge in [0, 0.05) is 18.5 Å². The molecule has 34 heavy (non-hydrogen) atoms. The Morgan fingerprint density at radius 3 is 2.35 bits per heavy atom. The lowest BCUT2D eigenvalue weighted by molar-refractivity contribution is -0.145. The SMILES string of the molecule is COC(=O)CC[C@H](NC(=O)[C@@H]1CCCN1C(=O)CN)C(=O)NC12CC3CC(C)(CC(C)(C3)C1)C2. The first-order valence-corrected chi connectivity index (χ1v) is 12.7. The summed E-state index contributed by atoms with van der Waals surface area (Å²) < 4.78 is 4.76. The highest BCUT2D eigenvalue weighted by Gasteiger charge is 2.60. The summed E-state index contributed by atoms with van der Waals surface area (Å²) in [5.41, 5.74) is 5.72. The van der Waals surface area contributed by atoms with E-state index in [1.807, 2.05) is 0 Å². The molecule has 190 valence electrons. The first kappa shape index (κ1) is 24.9. The summed E-state index contributed by atoms with van der Waals surface area (Å²) in [5, 5.41) is 6.21. The van der Waals surface area contributed by atoms with Crippen LogP contribution in [-0.4, -0.2) is 66.4 Å². The molecule has 1 saturated heterocycles. The summed E-state index contributed by atoms with van der Waals surface area (Å²) in [4.78, 5) is 52.2. The van der Waals surface area contributed by atoms with Crippen LogP contribution in [-0.2, 0) is 23.9 Å². The monoisotopic (exact) mass is 476 g/mol. The third kappa shape index (κ3) is 4.95. The molecule has 4 N–H and O–H groups in total. The summed E-state index contributed by atoms with van der Waals surface area (Å²) in [6.07, 6.45) is 7.94. The molecule has 4 bridgehead atoms. The molecule has 2 unspecified atom stereocenters. The van der Waals surface area contributed by atoms with Crippen molar-refractivity contribution in [3.05, 3.63) is 0 Å². The van der Waals surface area contributed by atoms with Crippen LogP contribution in [0.5, 0.6) is 0 Å². The second kappa shape index (κ2) is 9.13. The van der Waals surface area contributed by atoms with Crippen molar-refractivity contribution < 1.29 is 23.9 Å². The zero-order valence-electron chi connectivity index (χ0n) is 20.8. The molecule has 9 nitrogen and oxygen atoms in total. The number of esters is 1. The Morgan fingerprint density at radius 1 is 1.09 bits per heavy atom. The Labute approximate surface area is 201 Å². The topological polar surface area (TPSA) is 131 Å². The fraction of sp³-hybridized carbons (Fsp3) is 0.840. The van der Waals surface area contributed by atoms with Crippen LogP contribution in [0.4, 0.5) is 0 Å². The van der Waals surface area contributed by atoms with Crippen LogP contribution in [0.25, 0.3) is 0 Å². The maximum absolute atomic E-state index is 13.6. The quantitative estimate of drug-likeness (QED) is 0.452. The van der Waals surface area contributed by atoms with Crippen LogP contribution in [0.15, 0.2) is 0 Å². The number of likely N-dealkylation sites (tertiary alicyclic amines) is 1. The largest absolute Gasteiger partial charge is 0.469 e. The van der Waals surface area contributed by atoms with E-state index in [9.17, 15) is 19.2 Å². The van der Waals surface area contributed by atoms with Gasteiger partial charge in [0.25, 0.3) is 0 Å². The summed E-state index contributed by atoms with van der Waals surface area (Å²) >= 11 is 0. The average Bonchev–Trinajstić information content (AvgIpc) is 3.22. The Bertz CT molecular complexity index is 842. The maximum atomic E-state index is 13.6. The van der Waals surface area contributed by atoms with Gasteiger partial charge in [0.05, 0.1) is 13.7 Å². The Hall–Kier alpha value is -2.16. The van der Waals surface area contributed by atoms with Crippen molar-refractivity contribution in [2.45, 2.75) is 95.7 Å². The number of nitrogens with zero attached hydrogens (tertiary/aromatic N) is 1. The van der Waals surface area contributed by atoms with Crippen molar-refractivity contribution in [3.63, 3.8) is 0 Å². The van der Waals surface area contributed by atoms with Gasteiger partial charge in [0.15, 0.2) is 0 Å². The van der Waals surface area contributed by atoms with Crippen LogP contribution >= 0.6 is 0 Å². The fourth-order valence-corrected chi connectivity index (χ4v) is 8.29. The number of carbonyl (C=O) groups is 4. The second-order valence-corrected chi connectivity index (χ2v) is 12.0. The van der Waals surface area contributed by atoms with Gasteiger partial charge in [0.1, 0.15) is 12.1 Å². The van der Waals surface area contributed by atoms with E-state index in [2.05, 4.69) is 24.5 Å². The number of nitrogens with two attached hydrogens (primary N) is 1. The number of methoxy groups -OCH3 is 1. The minimum atomic E-state index is -0.865. The Balaban J connectivity index is 1.48. The molecule has 1 heterocycles. The molecule has 1 aliphatic heterocycles. The predicted octanol–water partition coefficient (Wildman–Crippen LogP) is 1.24. The molecular weight excluding hydrogens is 436 g/mol. The minimum Gasteiger partial charge on any atom is -0.469 e. The van der Waals surface area contributed by atoms with Gasteiger partial charge < -0.3 is 26.0 Å². The predicted molar refractivity (Wildman–Crippen MR) is 125 cm³/mol. The number of ether oxygens (including phenoxy) is 1. The first-order chi connectivity index (χ1) is 16.0. The molecule has 5 rings (SSSR count). The summed E-state index contributed by atoms with van der Waals surface area (Å²) in [6, 6.07) is -1.50. The first-order valence-electron chi connectivity index (χ1n) is 12.7. The van der Waals surface area contributed by atoms with E-state index in [1.54, 1.807) is 0 Å². The van der Waals surface area contributed by atoms with E-state index in [-0.39, 0.29) is 53.5 Å². The van der Waals surface area contributed by atoms with Gasteiger partial charge in [-0.15, -0.1) is 0 Å². The van der Waals surface area contributed by atoms with E-state index in [1.165, 1.54) is 31.3 Å². The fourth-order valence-electron chi connectivity index (χ4n) is 8.29. The van der Waals surface area contributed by atoms with Gasteiger partial charge in [-0.3, -0.25) is 19.2 Å². The average molecular weight is 477 g/mol. The lowest BCUT2D eigenvalue weighted by Crippen LogP contribution is -2.67. The highest BCUT2D eigenvalue weighted by molar-refractivity contribution is 5.93. The number of hydrogen-bond acceptors (Lipinski definition) is 6. The van der Waals surface area contributed by atoms with Gasteiger partial charge in [-0.2, -0.15) is 0 Å². The van der Waals surface area contributed by atoms with Crippen molar-refractivity contribution in [3.8, 4) is 0 Å². The van der Waals surface area contributed by atoms with E-state index >= 15 is 0 Å². The number of rotatable bonds is 8. The third-order valence-corrected chi connectivity index (χ3v) is 8.56. The van der Waals surface area contributed by atoms with Crippen molar-refractivity contribution in [1.82, 2.24) is 15.5 Å². The molecular formula is C25H40N4O5. The number of nitrogens with one attached hydrogen (secondary N) is 2. The van der Waals surface area contributed by atoms with E-state index in [0.717, 1.165) is 19.3 Å². The molecule has 0 radical (unpaired) electrons. The van der Waals surface area contributed by atoms with E-state index < -0.39 is 18.1 Å². The summed E-state index contributed by atoms with van der Waals surface area (Å²) in [5.74, 6) is -0.704. The van der Waals surface area contributed by atoms with Crippen molar-refractivity contribution in [2.24, 2.45) is 22.5 Å². The Kier molecular flexibility index (Phi) is 6.70. The van der Waals surface area contributed by atoms with E-state index in [4.69, 9.17) is 10.5 Å². The highest BCUT2D eigenvalue weighted by atomic mass is 16.5. The van der Waals surface area contributed by atoms with Crippen molar-refractivity contribution in [1.29, 1.82) is 0 Å². The van der Waals surface area contributed by atoms with Crippen LogP contribution < -0.4 is 16.4 Å². The van der Waals surface area contributed by atoms with Gasteiger partial charge in [-0.25, -0.2) is 0 Å². The molecule has 3 amide bonds. The summed E-state index contributed by atoms with van der Waals surface area (Å²) in [7, 11) is 1.31. The molecule has 0 aromatic carbocycles. The van der Waals surface area contributed by atoms with Crippen LogP contribution in [0.3, 0.4) is 0 Å². The zero-order valence-corrected chi connectivity index (χ0v) is 20.8. The summed E-state index contributed by atoms with van der Waals surface area (Å²) in [6.45, 7) is 5.01. The molecule has 4 aliphatic carbocycles. The number of carbonyl (C=O) groups excluding carboxylic acids is 4.